The van der Waals surface area contributed by atoms with Crippen molar-refractivity contribution in [3.05, 3.63) is 95.4 Å². The Morgan fingerprint density at radius 2 is 1.87 bits per heavy atom. The van der Waals surface area contributed by atoms with Gasteiger partial charge in [0.1, 0.15) is 18.0 Å². The molecule has 3 aromatic carbocycles. The highest BCUT2D eigenvalue weighted by atomic mass is 19.1. The van der Waals surface area contributed by atoms with Crippen LogP contribution in [0.4, 0.5) is 15.1 Å². The summed E-state index contributed by atoms with van der Waals surface area (Å²) in [6.07, 6.45) is 7.22. The molecule has 14 heteroatoms. The summed E-state index contributed by atoms with van der Waals surface area (Å²) in [5.41, 5.74) is 5.98. The zero-order valence-electron chi connectivity index (χ0n) is 29.1. The summed E-state index contributed by atoms with van der Waals surface area (Å²) in [6.45, 7) is 1.91. The molecule has 1 atom stereocenters. The first-order valence-corrected chi connectivity index (χ1v) is 17.3. The molecule has 3 N–H and O–H groups in total. The predicted molar refractivity (Wildman–Crippen MR) is 193 cm³/mol. The average molecular weight is 723 g/mol. The van der Waals surface area contributed by atoms with Gasteiger partial charge in [-0.3, -0.25) is 4.79 Å². The smallest absolute Gasteiger partial charge is 0.407 e. The van der Waals surface area contributed by atoms with Crippen LogP contribution in [0.3, 0.4) is 0 Å². The van der Waals surface area contributed by atoms with Gasteiger partial charge in [0.05, 0.1) is 18.4 Å². The standard InChI is InChI=1S/C39H39FN6O7/c1-50-34-13-12-27(21-33(34)47)31-24-42-38(44-37(31)28-10-11-29(22-41)32(40)20-28)46-17-15-30(16-18-46)52-39(49)43-23-26-7-5-25(6-8-26)9-14-35(48)45-53-36-4-2-3-19-51-36/h5-14,20-21,24,30,36,47H,2-4,15-19,23H2,1H3,(H,43,49)(H,45,48)/b14-9+. The third kappa shape index (κ3) is 9.65. The Balaban J connectivity index is 1.01. The van der Waals surface area contributed by atoms with E-state index in [1.807, 2.05) is 35.2 Å². The second-order valence-electron chi connectivity index (χ2n) is 12.5. The first-order valence-electron chi connectivity index (χ1n) is 17.3. The van der Waals surface area contributed by atoms with E-state index in [9.17, 15) is 24.3 Å². The second kappa shape index (κ2) is 17.5. The molecule has 0 aliphatic carbocycles. The zero-order chi connectivity index (χ0) is 37.2. The topological polar surface area (TPSA) is 168 Å². The molecule has 0 spiro atoms. The number of benzene rings is 3. The molecule has 0 radical (unpaired) electrons. The number of carbonyl (C=O) groups excluding carboxylic acids is 2. The number of phenolic OH excluding ortho intramolecular Hbond substituents is 1. The highest BCUT2D eigenvalue weighted by Crippen LogP contribution is 2.37. The molecule has 53 heavy (non-hydrogen) atoms. The summed E-state index contributed by atoms with van der Waals surface area (Å²) in [5, 5.41) is 22.4. The maximum atomic E-state index is 14.7. The molecule has 4 aromatic rings. The number of hydrogen-bond acceptors (Lipinski definition) is 11. The van der Waals surface area contributed by atoms with Gasteiger partial charge in [0.2, 0.25) is 5.95 Å². The Hall–Kier alpha value is -6.04. The summed E-state index contributed by atoms with van der Waals surface area (Å²) < 4.78 is 31.0. The quantitative estimate of drug-likeness (QED) is 0.122. The minimum Gasteiger partial charge on any atom is -0.504 e. The van der Waals surface area contributed by atoms with Crippen LogP contribution in [0.2, 0.25) is 0 Å². The van der Waals surface area contributed by atoms with Crippen molar-refractivity contribution >= 4 is 24.0 Å². The number of piperidine rings is 1. The van der Waals surface area contributed by atoms with Crippen molar-refractivity contribution in [3.63, 3.8) is 0 Å². The van der Waals surface area contributed by atoms with Crippen LogP contribution >= 0.6 is 0 Å². The Morgan fingerprint density at radius 3 is 2.57 bits per heavy atom. The fourth-order valence-corrected chi connectivity index (χ4v) is 5.99. The number of amides is 2. The van der Waals surface area contributed by atoms with E-state index in [1.165, 1.54) is 31.4 Å². The minimum absolute atomic E-state index is 0.0715. The Morgan fingerprint density at radius 1 is 1.08 bits per heavy atom. The number of aromatic hydroxyl groups is 1. The van der Waals surface area contributed by atoms with Gasteiger partial charge >= 0.3 is 6.09 Å². The number of halogens is 1. The molecular formula is C39H39FN6O7. The molecule has 13 nitrogen and oxygen atoms in total. The van der Waals surface area contributed by atoms with E-state index in [0.29, 0.717) is 66.6 Å². The summed E-state index contributed by atoms with van der Waals surface area (Å²) in [6, 6.07) is 18.4. The molecule has 1 aromatic heterocycles. The van der Waals surface area contributed by atoms with Gasteiger partial charge in [0, 0.05) is 68.9 Å². The van der Waals surface area contributed by atoms with Crippen molar-refractivity contribution in [3.8, 4) is 40.0 Å². The van der Waals surface area contributed by atoms with Crippen molar-refractivity contribution in [2.75, 3.05) is 31.7 Å². The van der Waals surface area contributed by atoms with E-state index in [4.69, 9.17) is 24.0 Å². The molecule has 2 aliphatic heterocycles. The molecule has 2 saturated heterocycles. The molecular weight excluding hydrogens is 683 g/mol. The highest BCUT2D eigenvalue weighted by Gasteiger charge is 2.25. The largest absolute Gasteiger partial charge is 0.504 e. The van der Waals surface area contributed by atoms with E-state index < -0.39 is 18.2 Å². The van der Waals surface area contributed by atoms with Crippen molar-refractivity contribution in [1.29, 1.82) is 5.26 Å². The Kier molecular flexibility index (Phi) is 12.1. The Bertz CT molecular complexity index is 1990. The molecule has 2 amide bonds. The lowest BCUT2D eigenvalue weighted by atomic mass is 9.99. The molecule has 0 saturated carbocycles. The normalized spacial score (nSPS) is 16.2. The summed E-state index contributed by atoms with van der Waals surface area (Å²) >= 11 is 0. The SMILES string of the molecule is COc1ccc(-c2cnc(N3CCC(OC(=O)NCc4ccc(/C=C/C(=O)NOC5CCCCO5)cc4)CC3)nc2-c2ccc(C#N)c(F)c2)cc1O. The molecule has 6 rings (SSSR count). The zero-order valence-corrected chi connectivity index (χ0v) is 29.1. The fraction of sp³-hybridized carbons (Fsp3) is 0.308. The van der Waals surface area contributed by atoms with Crippen LogP contribution in [-0.2, 0) is 25.7 Å². The van der Waals surface area contributed by atoms with Gasteiger partial charge in [-0.15, -0.1) is 0 Å². The van der Waals surface area contributed by atoms with E-state index in [0.717, 1.165) is 30.4 Å². The van der Waals surface area contributed by atoms with Crippen LogP contribution in [0.1, 0.15) is 48.8 Å². The molecule has 3 heterocycles. The van der Waals surface area contributed by atoms with Crippen molar-refractivity contribution in [2.45, 2.75) is 51.0 Å². The van der Waals surface area contributed by atoms with Crippen LogP contribution < -0.4 is 20.4 Å². The molecule has 274 valence electrons. The van der Waals surface area contributed by atoms with Crippen molar-refractivity contribution in [2.24, 2.45) is 0 Å². The van der Waals surface area contributed by atoms with E-state index in [2.05, 4.69) is 15.8 Å². The van der Waals surface area contributed by atoms with Crippen molar-refractivity contribution < 1.29 is 38.1 Å². The number of nitriles is 1. The average Bonchev–Trinajstić information content (AvgIpc) is 3.19. The maximum absolute atomic E-state index is 14.7. The monoisotopic (exact) mass is 722 g/mol. The number of methoxy groups -OCH3 is 1. The van der Waals surface area contributed by atoms with Gasteiger partial charge in [-0.1, -0.05) is 36.4 Å². The fourth-order valence-electron chi connectivity index (χ4n) is 5.99. The van der Waals surface area contributed by atoms with Gasteiger partial charge in [-0.05, 0) is 59.9 Å². The second-order valence-corrected chi connectivity index (χ2v) is 12.5. The number of hydrogen-bond donors (Lipinski definition) is 3. The van der Waals surface area contributed by atoms with Crippen LogP contribution in [0.25, 0.3) is 28.5 Å². The number of nitrogens with zero attached hydrogens (tertiary/aromatic N) is 4. The van der Waals surface area contributed by atoms with Gasteiger partial charge in [0.25, 0.3) is 5.91 Å². The molecule has 2 aliphatic rings. The van der Waals surface area contributed by atoms with E-state index in [1.54, 1.807) is 30.5 Å². The van der Waals surface area contributed by atoms with E-state index >= 15 is 0 Å². The number of hydroxylamine groups is 1. The maximum Gasteiger partial charge on any atom is 0.407 e. The summed E-state index contributed by atoms with van der Waals surface area (Å²) in [7, 11) is 1.45. The molecule has 2 fully saturated rings. The lowest BCUT2D eigenvalue weighted by Gasteiger charge is -2.32. The van der Waals surface area contributed by atoms with Crippen LogP contribution in [0.15, 0.2) is 72.9 Å². The number of aromatic nitrogens is 2. The number of alkyl carbamates (subject to hydrolysis) is 1. The predicted octanol–water partition coefficient (Wildman–Crippen LogP) is 6.02. The van der Waals surface area contributed by atoms with Crippen molar-refractivity contribution in [1.82, 2.24) is 20.8 Å². The third-order valence-electron chi connectivity index (χ3n) is 8.90. The Labute approximate surface area is 305 Å². The first-order chi connectivity index (χ1) is 25.8. The minimum atomic E-state index is -0.674. The number of phenols is 1. The number of nitrogens with one attached hydrogen (secondary N) is 2. The number of carbonyl (C=O) groups is 2. The summed E-state index contributed by atoms with van der Waals surface area (Å²) in [4.78, 5) is 41.4. The number of rotatable bonds is 11. The lowest BCUT2D eigenvalue weighted by molar-refractivity contribution is -0.198. The highest BCUT2D eigenvalue weighted by molar-refractivity contribution is 5.91. The third-order valence-corrected chi connectivity index (χ3v) is 8.90. The van der Waals surface area contributed by atoms with Crippen LogP contribution in [0, 0.1) is 17.1 Å². The summed E-state index contributed by atoms with van der Waals surface area (Å²) in [5.74, 6) is -0.421. The first kappa shape index (κ1) is 36.7. The van der Waals surface area contributed by atoms with Crippen LogP contribution in [-0.4, -0.2) is 66.3 Å². The lowest BCUT2D eigenvalue weighted by Crippen LogP contribution is -2.40. The van der Waals surface area contributed by atoms with Gasteiger partial charge < -0.3 is 29.5 Å². The molecule has 0 bridgehead atoms. The van der Waals surface area contributed by atoms with Gasteiger partial charge in [-0.2, -0.15) is 5.26 Å². The number of ether oxygens (including phenoxy) is 3. The van der Waals surface area contributed by atoms with Gasteiger partial charge in [0.15, 0.2) is 17.8 Å². The van der Waals surface area contributed by atoms with Gasteiger partial charge in [-0.25, -0.2) is 29.5 Å². The number of anilines is 1. The van der Waals surface area contributed by atoms with Crippen LogP contribution in [0.5, 0.6) is 11.5 Å². The van der Waals surface area contributed by atoms with E-state index in [-0.39, 0.29) is 29.9 Å². The molecule has 1 unspecified atom stereocenters.